The van der Waals surface area contributed by atoms with Crippen LogP contribution < -0.4 is 4.74 Å². The average molecular weight is 468 g/mol. The van der Waals surface area contributed by atoms with Crippen molar-refractivity contribution in [2.45, 2.75) is 25.5 Å². The van der Waals surface area contributed by atoms with Gasteiger partial charge in [0.1, 0.15) is 4.88 Å². The lowest BCUT2D eigenvalue weighted by molar-refractivity contribution is -0.134. The van der Waals surface area contributed by atoms with Crippen molar-refractivity contribution in [3.05, 3.63) is 57.5 Å². The van der Waals surface area contributed by atoms with E-state index in [2.05, 4.69) is 9.98 Å². The number of benzene rings is 1. The van der Waals surface area contributed by atoms with E-state index in [1.807, 2.05) is 11.0 Å². The van der Waals surface area contributed by atoms with Crippen LogP contribution in [0.2, 0.25) is 0 Å². The summed E-state index contributed by atoms with van der Waals surface area (Å²) in [6.07, 6.45) is -1.67. The highest BCUT2D eigenvalue weighted by atomic mass is 32.1. The van der Waals surface area contributed by atoms with E-state index in [4.69, 9.17) is 4.74 Å². The van der Waals surface area contributed by atoms with Gasteiger partial charge in [-0.1, -0.05) is 12.1 Å². The maximum absolute atomic E-state index is 14.0. The smallest absolute Gasteiger partial charge is 0.425 e. The minimum absolute atomic E-state index is 0.0648. The third kappa shape index (κ3) is 4.78. The molecule has 0 saturated carbocycles. The van der Waals surface area contributed by atoms with Crippen LogP contribution in [0.3, 0.4) is 0 Å². The second-order valence-electron chi connectivity index (χ2n) is 7.23. The van der Waals surface area contributed by atoms with E-state index < -0.39 is 23.2 Å². The first kappa shape index (κ1) is 22.3. The second-order valence-corrected chi connectivity index (χ2v) is 8.40. The van der Waals surface area contributed by atoms with Gasteiger partial charge in [-0.25, -0.2) is 9.38 Å². The molecular weight excluding hydrogens is 448 g/mol. The van der Waals surface area contributed by atoms with Gasteiger partial charge >= 0.3 is 6.18 Å². The largest absolute Gasteiger partial charge is 0.494 e. The van der Waals surface area contributed by atoms with Crippen LogP contribution in [0.4, 0.5) is 17.6 Å². The lowest BCUT2D eigenvalue weighted by Gasteiger charge is -2.32. The maximum Gasteiger partial charge on any atom is 0.425 e. The third-order valence-corrected chi connectivity index (χ3v) is 6.26. The zero-order valence-corrected chi connectivity index (χ0v) is 17.8. The van der Waals surface area contributed by atoms with Crippen molar-refractivity contribution in [2.75, 3.05) is 20.2 Å². The van der Waals surface area contributed by atoms with Crippen molar-refractivity contribution in [3.63, 3.8) is 0 Å². The van der Waals surface area contributed by atoms with Crippen LogP contribution in [0.1, 0.15) is 21.7 Å². The Balaban J connectivity index is 1.38. The van der Waals surface area contributed by atoms with E-state index >= 15 is 0 Å². The fourth-order valence-electron chi connectivity index (χ4n) is 3.46. The lowest BCUT2D eigenvalue weighted by Crippen LogP contribution is -2.42. The number of aliphatic imine (C=N–C) groups is 2. The van der Waals surface area contributed by atoms with Crippen LogP contribution in [-0.2, 0) is 12.7 Å². The number of thiophene rings is 1. The average Bonchev–Trinajstić information content (AvgIpc) is 3.24. The highest BCUT2D eigenvalue weighted by Crippen LogP contribution is 2.35. The number of hydrogen-bond donors (Lipinski definition) is 1. The number of aliphatic hydroxyl groups is 1. The Morgan fingerprint density at radius 1 is 1.25 bits per heavy atom. The molecule has 0 radical (unpaired) electrons. The first-order valence-corrected chi connectivity index (χ1v) is 10.6. The fourth-order valence-corrected chi connectivity index (χ4v) is 4.34. The van der Waals surface area contributed by atoms with E-state index in [0.717, 1.165) is 17.2 Å². The van der Waals surface area contributed by atoms with E-state index in [0.29, 0.717) is 41.7 Å². The summed E-state index contributed by atoms with van der Waals surface area (Å²) in [5, 5.41) is 10.3. The predicted molar refractivity (Wildman–Crippen MR) is 114 cm³/mol. The number of alkyl halides is 3. The van der Waals surface area contributed by atoms with Gasteiger partial charge in [0.15, 0.2) is 11.6 Å². The Kier molecular flexibility index (Phi) is 6.20. The van der Waals surface area contributed by atoms with Crippen molar-refractivity contribution in [1.29, 1.82) is 0 Å². The molecule has 3 heterocycles. The zero-order chi connectivity index (χ0) is 22.9. The molecular formula is C21H20F4N4O2S. The van der Waals surface area contributed by atoms with Crippen LogP contribution in [0.25, 0.3) is 5.57 Å². The summed E-state index contributed by atoms with van der Waals surface area (Å²) in [4.78, 5) is 11.4. The summed E-state index contributed by atoms with van der Waals surface area (Å²) in [6, 6.07) is 7.23. The van der Waals surface area contributed by atoms with Crippen LogP contribution in [0.15, 0.2) is 46.4 Å². The Morgan fingerprint density at radius 3 is 2.66 bits per heavy atom. The fraction of sp³-hybridized carbons (Fsp3) is 0.333. The van der Waals surface area contributed by atoms with Crippen LogP contribution in [0.5, 0.6) is 5.75 Å². The highest BCUT2D eigenvalue weighted by molar-refractivity contribution is 7.12. The van der Waals surface area contributed by atoms with E-state index in [1.54, 1.807) is 12.1 Å². The molecule has 32 heavy (non-hydrogen) atoms. The summed E-state index contributed by atoms with van der Waals surface area (Å²) >= 11 is 0.625. The lowest BCUT2D eigenvalue weighted by atomic mass is 9.99. The first-order chi connectivity index (χ1) is 15.2. The number of guanidine groups is 1. The molecule has 1 N–H and O–H groups in total. The monoisotopic (exact) mass is 468 g/mol. The van der Waals surface area contributed by atoms with E-state index in [-0.39, 0.29) is 12.3 Å². The number of hydrogen-bond acceptors (Lipinski definition) is 7. The standard InChI is InChI=1S/C21H20F4N4O2S/c1-31-17-4-2-14(10-16(17)22)13-6-8-28(9-7-13)19-26-12-29(20(30)27-19)11-15-3-5-18(32-15)21(23,24)25/h2-6,10,12,20,30H,7-9,11H2,1H3. The van der Waals surface area contributed by atoms with E-state index in [9.17, 15) is 22.7 Å². The van der Waals surface area contributed by atoms with E-state index in [1.165, 1.54) is 30.5 Å². The molecule has 2 aliphatic heterocycles. The normalized spacial score (nSPS) is 19.1. The number of methoxy groups -OCH3 is 1. The van der Waals surface area contributed by atoms with Crippen LogP contribution in [0, 0.1) is 5.82 Å². The molecule has 0 spiro atoms. The van der Waals surface area contributed by atoms with Crippen molar-refractivity contribution >= 4 is 29.2 Å². The maximum atomic E-state index is 14.0. The van der Waals surface area contributed by atoms with Gasteiger partial charge in [-0.05, 0) is 41.8 Å². The number of aliphatic hydroxyl groups excluding tert-OH is 1. The molecule has 0 bridgehead atoms. The quantitative estimate of drug-likeness (QED) is 0.684. The molecule has 2 aliphatic rings. The molecule has 170 valence electrons. The van der Waals surface area contributed by atoms with Crippen LogP contribution in [-0.4, -0.2) is 53.8 Å². The SMILES string of the molecule is COc1ccc(C2=CCN(C3=NC(O)N(Cc4ccc(C(F)(F)F)s4)C=N3)CC2)cc1F. The number of ether oxygens (including phenoxy) is 1. The molecule has 0 amide bonds. The summed E-state index contributed by atoms with van der Waals surface area (Å²) in [6.45, 7) is 1.11. The summed E-state index contributed by atoms with van der Waals surface area (Å²) < 4.78 is 57.2. The van der Waals surface area contributed by atoms with Crippen molar-refractivity contribution < 1.29 is 27.4 Å². The van der Waals surface area contributed by atoms with Crippen molar-refractivity contribution in [2.24, 2.45) is 9.98 Å². The van der Waals surface area contributed by atoms with Gasteiger partial charge < -0.3 is 19.6 Å². The van der Waals surface area contributed by atoms with Gasteiger partial charge in [0.05, 0.1) is 20.0 Å². The van der Waals surface area contributed by atoms with Gasteiger partial charge in [-0.3, -0.25) is 0 Å². The molecule has 0 aliphatic carbocycles. The van der Waals surface area contributed by atoms with Gasteiger partial charge in [-0.2, -0.15) is 18.2 Å². The third-order valence-electron chi connectivity index (χ3n) is 5.14. The number of halogens is 4. The number of rotatable bonds is 4. The number of nitrogens with zero attached hydrogens (tertiary/aromatic N) is 4. The molecule has 0 saturated heterocycles. The molecule has 1 aromatic heterocycles. The Morgan fingerprint density at radius 2 is 2.06 bits per heavy atom. The van der Waals surface area contributed by atoms with Crippen LogP contribution >= 0.6 is 11.3 Å². The highest BCUT2D eigenvalue weighted by Gasteiger charge is 2.33. The molecule has 6 nitrogen and oxygen atoms in total. The Labute approximate surface area is 185 Å². The first-order valence-electron chi connectivity index (χ1n) is 9.74. The Hall–Kier alpha value is -2.92. The Bertz CT molecular complexity index is 1080. The van der Waals surface area contributed by atoms with Crippen molar-refractivity contribution in [3.8, 4) is 5.75 Å². The molecule has 1 unspecified atom stereocenters. The molecule has 4 rings (SSSR count). The minimum atomic E-state index is -4.39. The molecule has 1 aromatic carbocycles. The van der Waals surface area contributed by atoms with Gasteiger partial charge in [0, 0.05) is 18.0 Å². The minimum Gasteiger partial charge on any atom is -0.494 e. The summed E-state index contributed by atoms with van der Waals surface area (Å²) in [7, 11) is 1.41. The topological polar surface area (TPSA) is 60.7 Å². The molecule has 1 atom stereocenters. The van der Waals surface area contributed by atoms with Gasteiger partial charge in [0.2, 0.25) is 12.3 Å². The molecule has 2 aromatic rings. The summed E-state index contributed by atoms with van der Waals surface area (Å²) in [5.41, 5.74) is 1.76. The van der Waals surface area contributed by atoms with Crippen molar-refractivity contribution in [1.82, 2.24) is 9.80 Å². The second kappa shape index (κ2) is 8.91. The zero-order valence-electron chi connectivity index (χ0n) is 17.0. The molecule has 0 fully saturated rings. The predicted octanol–water partition coefficient (Wildman–Crippen LogP) is 4.18. The van der Waals surface area contributed by atoms with Gasteiger partial charge in [0.25, 0.3) is 0 Å². The molecule has 11 heteroatoms. The summed E-state index contributed by atoms with van der Waals surface area (Å²) in [5.74, 6) is 0.103. The van der Waals surface area contributed by atoms with Gasteiger partial charge in [-0.15, -0.1) is 11.3 Å².